The van der Waals surface area contributed by atoms with Crippen molar-refractivity contribution in [3.8, 4) is 0 Å². The number of amides is 1. The molecule has 1 unspecified atom stereocenters. The first-order chi connectivity index (χ1) is 8.58. The molecule has 4 nitrogen and oxygen atoms in total. The Labute approximate surface area is 111 Å². The molecule has 1 atom stereocenters. The van der Waals surface area contributed by atoms with E-state index in [4.69, 9.17) is 5.73 Å². The second kappa shape index (κ2) is 7.74. The van der Waals surface area contributed by atoms with Gasteiger partial charge < -0.3 is 11.1 Å². The molecule has 1 saturated carbocycles. The van der Waals surface area contributed by atoms with Crippen LogP contribution in [0, 0.1) is 0 Å². The number of nitrogens with zero attached hydrogens (tertiary/aromatic N) is 1. The summed E-state index contributed by atoms with van der Waals surface area (Å²) in [5, 5.41) is 2.96. The third kappa shape index (κ3) is 5.36. The summed E-state index contributed by atoms with van der Waals surface area (Å²) >= 11 is 0. The van der Waals surface area contributed by atoms with Gasteiger partial charge in [-0.05, 0) is 39.7 Å². The Morgan fingerprint density at radius 3 is 2.56 bits per heavy atom. The molecule has 0 aliphatic heterocycles. The lowest BCUT2D eigenvalue weighted by atomic mass is 10.1. The van der Waals surface area contributed by atoms with Crippen LogP contribution in [0.2, 0.25) is 0 Å². The quantitative estimate of drug-likeness (QED) is 0.656. The van der Waals surface area contributed by atoms with Crippen LogP contribution in [-0.4, -0.2) is 42.0 Å². The highest BCUT2D eigenvalue weighted by Gasteiger charge is 2.33. The maximum atomic E-state index is 11.9. The largest absolute Gasteiger partial charge is 0.354 e. The Hall–Kier alpha value is -0.610. The average Bonchev–Trinajstić information content (AvgIpc) is 3.11. The van der Waals surface area contributed by atoms with Crippen molar-refractivity contribution >= 4 is 5.91 Å². The topological polar surface area (TPSA) is 58.4 Å². The summed E-state index contributed by atoms with van der Waals surface area (Å²) in [6.45, 7) is 7.84. The second-order valence-corrected chi connectivity index (χ2v) is 5.64. The van der Waals surface area contributed by atoms with Gasteiger partial charge >= 0.3 is 0 Å². The highest BCUT2D eigenvalue weighted by molar-refractivity contribution is 5.76. The molecular weight excluding hydrogens is 226 g/mol. The number of nitrogens with one attached hydrogen (secondary N) is 1. The van der Waals surface area contributed by atoms with Gasteiger partial charge in [0.05, 0.1) is 0 Å². The number of hydrogen-bond acceptors (Lipinski definition) is 3. The van der Waals surface area contributed by atoms with Crippen LogP contribution in [0.25, 0.3) is 0 Å². The van der Waals surface area contributed by atoms with E-state index in [2.05, 4.69) is 17.1 Å². The van der Waals surface area contributed by atoms with E-state index in [0.29, 0.717) is 19.0 Å². The first-order valence-corrected chi connectivity index (χ1v) is 7.33. The molecule has 0 aromatic carbocycles. The third-order valence-corrected chi connectivity index (χ3v) is 3.40. The molecule has 0 aromatic rings. The Morgan fingerprint density at radius 1 is 1.44 bits per heavy atom. The SMILES string of the molecule is CCCCN(C1CC1)C(CN)CC(=O)NC(C)C. The maximum Gasteiger partial charge on any atom is 0.221 e. The van der Waals surface area contributed by atoms with Crippen LogP contribution in [0.5, 0.6) is 0 Å². The predicted octanol–water partition coefficient (Wildman–Crippen LogP) is 1.49. The highest BCUT2D eigenvalue weighted by atomic mass is 16.1. The number of carbonyl (C=O) groups excluding carboxylic acids is 1. The number of carbonyl (C=O) groups is 1. The van der Waals surface area contributed by atoms with Gasteiger partial charge in [0.15, 0.2) is 0 Å². The molecule has 1 aliphatic rings. The Bertz CT molecular complexity index is 251. The zero-order valence-corrected chi connectivity index (χ0v) is 12.1. The number of hydrogen-bond donors (Lipinski definition) is 2. The van der Waals surface area contributed by atoms with Gasteiger partial charge in [-0.2, -0.15) is 0 Å². The van der Waals surface area contributed by atoms with E-state index < -0.39 is 0 Å². The first-order valence-electron chi connectivity index (χ1n) is 7.33. The number of unbranched alkanes of at least 4 members (excludes halogenated alkanes) is 1. The summed E-state index contributed by atoms with van der Waals surface area (Å²) in [6.07, 6.45) is 5.46. The van der Waals surface area contributed by atoms with E-state index in [0.717, 1.165) is 6.54 Å². The lowest BCUT2D eigenvalue weighted by molar-refractivity contribution is -0.122. The highest BCUT2D eigenvalue weighted by Crippen LogP contribution is 2.29. The fourth-order valence-electron chi connectivity index (χ4n) is 2.34. The van der Waals surface area contributed by atoms with Crippen molar-refractivity contribution in [3.05, 3.63) is 0 Å². The molecule has 0 spiro atoms. The van der Waals surface area contributed by atoms with E-state index in [-0.39, 0.29) is 18.0 Å². The van der Waals surface area contributed by atoms with E-state index in [1.54, 1.807) is 0 Å². The summed E-state index contributed by atoms with van der Waals surface area (Å²) in [6, 6.07) is 1.10. The molecule has 0 saturated heterocycles. The molecule has 4 heteroatoms. The van der Waals surface area contributed by atoms with E-state index in [1.165, 1.54) is 25.7 Å². The van der Waals surface area contributed by atoms with Crippen molar-refractivity contribution in [1.82, 2.24) is 10.2 Å². The molecule has 1 rings (SSSR count). The third-order valence-electron chi connectivity index (χ3n) is 3.40. The molecule has 18 heavy (non-hydrogen) atoms. The molecule has 0 heterocycles. The van der Waals surface area contributed by atoms with Crippen LogP contribution in [0.3, 0.4) is 0 Å². The Morgan fingerprint density at radius 2 is 2.11 bits per heavy atom. The summed E-state index contributed by atoms with van der Waals surface area (Å²) in [5.41, 5.74) is 5.87. The van der Waals surface area contributed by atoms with Crippen LogP contribution in [0.1, 0.15) is 52.9 Å². The molecular formula is C14H29N3O. The monoisotopic (exact) mass is 255 g/mol. The smallest absolute Gasteiger partial charge is 0.221 e. The van der Waals surface area contributed by atoms with E-state index >= 15 is 0 Å². The Balaban J connectivity index is 2.47. The fraction of sp³-hybridized carbons (Fsp3) is 0.929. The molecule has 0 radical (unpaired) electrons. The van der Waals surface area contributed by atoms with Gasteiger partial charge in [-0.15, -0.1) is 0 Å². The summed E-state index contributed by atoms with van der Waals surface area (Å²) in [4.78, 5) is 14.3. The van der Waals surface area contributed by atoms with Crippen LogP contribution in [0.4, 0.5) is 0 Å². The minimum atomic E-state index is 0.127. The van der Waals surface area contributed by atoms with Gasteiger partial charge in [0.25, 0.3) is 0 Å². The lowest BCUT2D eigenvalue weighted by Crippen LogP contribution is -2.46. The van der Waals surface area contributed by atoms with Gasteiger partial charge in [0.1, 0.15) is 0 Å². The minimum absolute atomic E-state index is 0.127. The fourth-order valence-corrected chi connectivity index (χ4v) is 2.34. The van der Waals surface area contributed by atoms with Gasteiger partial charge in [-0.3, -0.25) is 9.69 Å². The predicted molar refractivity (Wildman–Crippen MR) is 75.4 cm³/mol. The average molecular weight is 255 g/mol. The van der Waals surface area contributed by atoms with E-state index in [1.807, 2.05) is 13.8 Å². The second-order valence-electron chi connectivity index (χ2n) is 5.64. The maximum absolute atomic E-state index is 11.9. The molecule has 0 aromatic heterocycles. The normalized spacial score (nSPS) is 17.2. The van der Waals surface area contributed by atoms with Crippen LogP contribution in [-0.2, 0) is 4.79 Å². The Kier molecular flexibility index (Phi) is 6.65. The first kappa shape index (κ1) is 15.4. The molecule has 106 valence electrons. The van der Waals surface area contributed by atoms with Crippen molar-refractivity contribution in [1.29, 1.82) is 0 Å². The van der Waals surface area contributed by atoms with Gasteiger partial charge in [0, 0.05) is 31.1 Å². The standard InChI is InChI=1S/C14H29N3O/c1-4-5-8-17(12-6-7-12)13(10-15)9-14(18)16-11(2)3/h11-13H,4-10,15H2,1-3H3,(H,16,18). The molecule has 1 aliphatic carbocycles. The summed E-state index contributed by atoms with van der Waals surface area (Å²) in [7, 11) is 0. The van der Waals surface area contributed by atoms with Crippen LogP contribution in [0.15, 0.2) is 0 Å². The van der Waals surface area contributed by atoms with E-state index in [9.17, 15) is 4.79 Å². The molecule has 1 fully saturated rings. The molecule has 0 bridgehead atoms. The minimum Gasteiger partial charge on any atom is -0.354 e. The van der Waals surface area contributed by atoms with Crippen LogP contribution < -0.4 is 11.1 Å². The van der Waals surface area contributed by atoms with Gasteiger partial charge in [-0.25, -0.2) is 0 Å². The van der Waals surface area contributed by atoms with Crippen molar-refractivity contribution in [3.63, 3.8) is 0 Å². The zero-order chi connectivity index (χ0) is 13.5. The number of nitrogens with two attached hydrogens (primary N) is 1. The summed E-state index contributed by atoms with van der Waals surface area (Å²) in [5.74, 6) is 0.127. The molecule has 3 N–H and O–H groups in total. The van der Waals surface area contributed by atoms with Crippen molar-refractivity contribution in [2.45, 2.75) is 71.0 Å². The van der Waals surface area contributed by atoms with Gasteiger partial charge in [-0.1, -0.05) is 13.3 Å². The van der Waals surface area contributed by atoms with Crippen LogP contribution >= 0.6 is 0 Å². The zero-order valence-electron chi connectivity index (χ0n) is 12.1. The van der Waals surface area contributed by atoms with Crippen molar-refractivity contribution in [2.24, 2.45) is 5.73 Å². The van der Waals surface area contributed by atoms with Gasteiger partial charge in [0.2, 0.25) is 5.91 Å². The van der Waals surface area contributed by atoms with Crippen molar-refractivity contribution in [2.75, 3.05) is 13.1 Å². The van der Waals surface area contributed by atoms with Crippen molar-refractivity contribution < 1.29 is 4.79 Å². The number of rotatable bonds is 9. The molecule has 1 amide bonds. The summed E-state index contributed by atoms with van der Waals surface area (Å²) < 4.78 is 0. The lowest BCUT2D eigenvalue weighted by Gasteiger charge is -2.30.